The van der Waals surface area contributed by atoms with E-state index in [1.165, 1.54) is 0 Å². The first kappa shape index (κ1) is 13.7. The van der Waals surface area contributed by atoms with E-state index in [1.54, 1.807) is 7.11 Å². The second-order valence-electron chi connectivity index (χ2n) is 4.35. The predicted molar refractivity (Wildman–Crippen MR) is 76.3 cm³/mol. The average molecular weight is 278 g/mol. The Bertz CT molecular complexity index is 584. The zero-order valence-electron chi connectivity index (χ0n) is 11.2. The molecule has 2 aromatic rings. The monoisotopic (exact) mass is 277 g/mol. The zero-order chi connectivity index (χ0) is 13.8. The van der Waals surface area contributed by atoms with Crippen molar-refractivity contribution in [3.63, 3.8) is 0 Å². The fourth-order valence-corrected chi connectivity index (χ4v) is 1.96. The van der Waals surface area contributed by atoms with Crippen molar-refractivity contribution in [2.75, 3.05) is 7.11 Å². The van der Waals surface area contributed by atoms with Gasteiger partial charge in [0, 0.05) is 17.6 Å². The maximum Gasteiger partial charge on any atom is 0.219 e. The number of methoxy groups -OCH3 is 1. The zero-order valence-corrected chi connectivity index (χ0v) is 12.0. The number of aryl methyl sites for hydroxylation is 2. The molecule has 19 heavy (non-hydrogen) atoms. The normalized spacial score (nSPS) is 10.3. The van der Waals surface area contributed by atoms with Crippen LogP contribution in [-0.2, 0) is 5.88 Å². The molecule has 0 aliphatic rings. The summed E-state index contributed by atoms with van der Waals surface area (Å²) < 4.78 is 11.1. The summed E-state index contributed by atoms with van der Waals surface area (Å²) in [4.78, 5) is 4.34. The van der Waals surface area contributed by atoms with E-state index in [1.807, 2.05) is 44.2 Å². The highest BCUT2D eigenvalue weighted by Gasteiger charge is 2.08. The van der Waals surface area contributed by atoms with E-state index in [4.69, 9.17) is 21.1 Å². The van der Waals surface area contributed by atoms with Crippen LogP contribution >= 0.6 is 11.6 Å². The van der Waals surface area contributed by atoms with Crippen molar-refractivity contribution in [1.82, 2.24) is 4.98 Å². The minimum Gasteiger partial charge on any atom is -0.493 e. The summed E-state index contributed by atoms with van der Waals surface area (Å²) in [5.74, 6) is 2.30. The predicted octanol–water partition coefficient (Wildman–Crippen LogP) is 4.24. The van der Waals surface area contributed by atoms with Crippen LogP contribution in [0, 0.1) is 13.8 Å². The molecule has 3 nitrogen and oxygen atoms in total. The Morgan fingerprint density at radius 1 is 1.11 bits per heavy atom. The molecule has 0 amide bonds. The first-order chi connectivity index (χ1) is 9.12. The molecule has 0 fully saturated rings. The number of alkyl halides is 1. The third-order valence-corrected chi connectivity index (χ3v) is 2.99. The molecule has 0 saturated carbocycles. The van der Waals surface area contributed by atoms with Gasteiger partial charge in [-0.2, -0.15) is 0 Å². The molecule has 0 aliphatic heterocycles. The van der Waals surface area contributed by atoms with Gasteiger partial charge in [0.1, 0.15) is 0 Å². The number of halogens is 1. The molecule has 0 atom stereocenters. The van der Waals surface area contributed by atoms with Crippen molar-refractivity contribution in [2.24, 2.45) is 0 Å². The Hall–Kier alpha value is -1.74. The molecule has 0 unspecified atom stereocenters. The maximum atomic E-state index is 5.85. The Kier molecular flexibility index (Phi) is 4.27. The van der Waals surface area contributed by atoms with Crippen LogP contribution in [0.15, 0.2) is 30.3 Å². The van der Waals surface area contributed by atoms with Crippen molar-refractivity contribution in [1.29, 1.82) is 0 Å². The van der Waals surface area contributed by atoms with Crippen LogP contribution in [0.4, 0.5) is 0 Å². The number of ether oxygens (including phenoxy) is 2. The highest BCUT2D eigenvalue weighted by atomic mass is 35.5. The van der Waals surface area contributed by atoms with Gasteiger partial charge in [0.2, 0.25) is 5.88 Å². The van der Waals surface area contributed by atoms with E-state index < -0.39 is 0 Å². The van der Waals surface area contributed by atoms with Gasteiger partial charge < -0.3 is 9.47 Å². The van der Waals surface area contributed by atoms with Crippen molar-refractivity contribution in [2.45, 2.75) is 19.7 Å². The fraction of sp³-hybridized carbons (Fsp3) is 0.267. The van der Waals surface area contributed by atoms with Crippen LogP contribution < -0.4 is 9.47 Å². The highest BCUT2D eigenvalue weighted by Crippen LogP contribution is 2.31. The third kappa shape index (κ3) is 3.38. The number of pyridine rings is 1. The molecule has 100 valence electrons. The molecule has 4 heteroatoms. The minimum atomic E-state index is 0.435. The molecule has 1 aromatic carbocycles. The van der Waals surface area contributed by atoms with Crippen molar-refractivity contribution >= 4 is 11.6 Å². The van der Waals surface area contributed by atoms with Gasteiger partial charge in [0.05, 0.1) is 7.11 Å². The second kappa shape index (κ2) is 5.93. The van der Waals surface area contributed by atoms with Crippen LogP contribution in [-0.4, -0.2) is 12.1 Å². The summed E-state index contributed by atoms with van der Waals surface area (Å²) in [5, 5.41) is 0. The summed E-state index contributed by atoms with van der Waals surface area (Å²) >= 11 is 5.85. The number of hydrogen-bond acceptors (Lipinski definition) is 3. The maximum absolute atomic E-state index is 5.85. The first-order valence-electron chi connectivity index (χ1n) is 5.98. The number of aromatic nitrogens is 1. The molecule has 1 aromatic heterocycles. The number of rotatable bonds is 4. The van der Waals surface area contributed by atoms with Crippen molar-refractivity contribution in [3.8, 4) is 17.4 Å². The van der Waals surface area contributed by atoms with Gasteiger partial charge in [-0.3, -0.25) is 0 Å². The van der Waals surface area contributed by atoms with Gasteiger partial charge in [-0.05, 0) is 43.2 Å². The van der Waals surface area contributed by atoms with Gasteiger partial charge in [-0.25, -0.2) is 4.98 Å². The molecule has 1 heterocycles. The lowest BCUT2D eigenvalue weighted by atomic mass is 10.2. The van der Waals surface area contributed by atoms with E-state index in [9.17, 15) is 0 Å². The molecule has 0 spiro atoms. The number of hydrogen-bond donors (Lipinski definition) is 0. The van der Waals surface area contributed by atoms with Gasteiger partial charge >= 0.3 is 0 Å². The van der Waals surface area contributed by atoms with Crippen molar-refractivity contribution < 1.29 is 9.47 Å². The smallest absolute Gasteiger partial charge is 0.219 e. The largest absolute Gasteiger partial charge is 0.493 e. The molecular weight excluding hydrogens is 262 g/mol. The quantitative estimate of drug-likeness (QED) is 0.784. The van der Waals surface area contributed by atoms with Crippen molar-refractivity contribution in [3.05, 3.63) is 47.2 Å². The van der Waals surface area contributed by atoms with Crippen LogP contribution in [0.5, 0.6) is 17.4 Å². The van der Waals surface area contributed by atoms with E-state index in [-0.39, 0.29) is 0 Å². The SMILES string of the molecule is COc1cc(C)ccc1Oc1cc(CCl)cc(C)n1. The molecule has 0 aliphatic carbocycles. The Morgan fingerprint density at radius 3 is 2.58 bits per heavy atom. The van der Waals surface area contributed by atoms with Gasteiger partial charge in [-0.1, -0.05) is 6.07 Å². The van der Waals surface area contributed by atoms with E-state index >= 15 is 0 Å². The number of nitrogens with zero attached hydrogens (tertiary/aromatic N) is 1. The van der Waals surface area contributed by atoms with Crippen LogP contribution in [0.25, 0.3) is 0 Å². The van der Waals surface area contributed by atoms with E-state index in [0.29, 0.717) is 23.3 Å². The lowest BCUT2D eigenvalue weighted by Gasteiger charge is -2.11. The van der Waals surface area contributed by atoms with Crippen LogP contribution in [0.2, 0.25) is 0 Å². The lowest BCUT2D eigenvalue weighted by molar-refractivity contribution is 0.373. The summed E-state index contributed by atoms with van der Waals surface area (Å²) in [6.45, 7) is 3.91. The third-order valence-electron chi connectivity index (χ3n) is 2.68. The Balaban J connectivity index is 2.33. The average Bonchev–Trinajstić information content (AvgIpc) is 2.40. The van der Waals surface area contributed by atoms with Crippen LogP contribution in [0.3, 0.4) is 0 Å². The van der Waals surface area contributed by atoms with Gasteiger partial charge in [-0.15, -0.1) is 11.6 Å². The molecule has 0 N–H and O–H groups in total. The summed E-state index contributed by atoms with van der Waals surface area (Å²) in [6.07, 6.45) is 0. The van der Waals surface area contributed by atoms with E-state index in [2.05, 4.69) is 4.98 Å². The molecule has 0 bridgehead atoms. The molecule has 2 rings (SSSR count). The van der Waals surface area contributed by atoms with Gasteiger partial charge in [0.15, 0.2) is 11.5 Å². The lowest BCUT2D eigenvalue weighted by Crippen LogP contribution is -1.95. The Morgan fingerprint density at radius 2 is 1.89 bits per heavy atom. The second-order valence-corrected chi connectivity index (χ2v) is 4.61. The fourth-order valence-electron chi connectivity index (χ4n) is 1.81. The first-order valence-corrected chi connectivity index (χ1v) is 6.52. The van der Waals surface area contributed by atoms with Crippen LogP contribution in [0.1, 0.15) is 16.8 Å². The molecule has 0 radical (unpaired) electrons. The topological polar surface area (TPSA) is 31.4 Å². The molecule has 0 saturated heterocycles. The molecular formula is C15H16ClNO2. The standard InChI is InChI=1S/C15H16ClNO2/c1-10-4-5-13(14(6-10)18-3)19-15-8-12(9-16)7-11(2)17-15/h4-8H,9H2,1-3H3. The summed E-state index contributed by atoms with van der Waals surface area (Å²) in [5.41, 5.74) is 2.97. The van der Waals surface area contributed by atoms with E-state index in [0.717, 1.165) is 16.8 Å². The van der Waals surface area contributed by atoms with Gasteiger partial charge in [0.25, 0.3) is 0 Å². The summed E-state index contributed by atoms with van der Waals surface area (Å²) in [7, 11) is 1.62. The highest BCUT2D eigenvalue weighted by molar-refractivity contribution is 6.17. The minimum absolute atomic E-state index is 0.435. The summed E-state index contributed by atoms with van der Waals surface area (Å²) in [6, 6.07) is 9.54. The number of benzene rings is 1. The Labute approximate surface area is 118 Å².